The molecule has 0 amide bonds. The van der Waals surface area contributed by atoms with E-state index in [1.165, 1.54) is 0 Å². The highest BCUT2D eigenvalue weighted by Crippen LogP contribution is 2.45. The highest BCUT2D eigenvalue weighted by atomic mass is 31.2. The van der Waals surface area contributed by atoms with Gasteiger partial charge in [-0.2, -0.15) is 0 Å². The van der Waals surface area contributed by atoms with Crippen molar-refractivity contribution in [2.45, 2.75) is 0 Å². The summed E-state index contributed by atoms with van der Waals surface area (Å²) in [7, 11) is -9.13. The van der Waals surface area contributed by atoms with Crippen LogP contribution in [0.4, 0.5) is 0 Å². The lowest BCUT2D eigenvalue weighted by Gasteiger charge is -2.25. The molecule has 0 bridgehead atoms. The highest BCUT2D eigenvalue weighted by Gasteiger charge is 2.30. The summed E-state index contributed by atoms with van der Waals surface area (Å²) in [4.78, 5) is 2.15. The van der Waals surface area contributed by atoms with Gasteiger partial charge >= 0.3 is 0 Å². The van der Waals surface area contributed by atoms with Crippen molar-refractivity contribution in [1.29, 1.82) is 0 Å². The van der Waals surface area contributed by atoms with E-state index in [9.17, 15) is 13.7 Å². The molecule has 10 heteroatoms. The largest absolute Gasteiger partial charge is 0.372 e. The summed E-state index contributed by atoms with van der Waals surface area (Å²) in [6, 6.07) is 57.0. The lowest BCUT2D eigenvalue weighted by Crippen LogP contribution is -2.35. The third-order valence-electron chi connectivity index (χ3n) is 9.51. The van der Waals surface area contributed by atoms with Gasteiger partial charge < -0.3 is 27.9 Å². The predicted molar refractivity (Wildman–Crippen MR) is 228 cm³/mol. The zero-order valence-corrected chi connectivity index (χ0v) is 33.6. The summed E-state index contributed by atoms with van der Waals surface area (Å²) in [5.74, 6) is 0. The lowest BCUT2D eigenvalue weighted by molar-refractivity contribution is 0.0780. The second-order valence-corrected chi connectivity index (χ2v) is 21.5. The Labute approximate surface area is 325 Å². The van der Waals surface area contributed by atoms with Crippen LogP contribution in [-0.4, -0.2) is 63.4 Å². The van der Waals surface area contributed by atoms with Crippen LogP contribution >= 0.6 is 21.4 Å². The van der Waals surface area contributed by atoms with Crippen LogP contribution in [0, 0.1) is 0 Å². The minimum Gasteiger partial charge on any atom is -0.372 e. The van der Waals surface area contributed by atoms with Crippen LogP contribution in [0.25, 0.3) is 0 Å². The van der Waals surface area contributed by atoms with E-state index in [0.717, 1.165) is 31.8 Å². The van der Waals surface area contributed by atoms with E-state index in [4.69, 9.17) is 14.2 Å². The van der Waals surface area contributed by atoms with Crippen molar-refractivity contribution in [1.82, 2.24) is 4.90 Å². The standard InChI is InChI=1S/C45H48NO6P3/c47-53(40-19-7-1-8-20-40,41-21-9-2-10-22-41)37-50-34-31-46(32-35-51-38-54(48,42-23-11-3-12-24-42)43-25-13-4-14-26-43)33-36-52-39-55(49,44-27-15-5-16-28-44)45-29-17-6-18-30-45/h1-30H,31-39H2. The quantitative estimate of drug-likeness (QED) is 0.0562. The van der Waals surface area contributed by atoms with Gasteiger partial charge in [0.2, 0.25) is 0 Å². The van der Waals surface area contributed by atoms with Crippen LogP contribution in [0.15, 0.2) is 182 Å². The van der Waals surface area contributed by atoms with Gasteiger partial charge in [0.05, 0.1) is 19.8 Å². The third-order valence-corrected chi connectivity index (χ3v) is 17.9. The molecule has 0 aromatic heterocycles. The van der Waals surface area contributed by atoms with E-state index >= 15 is 0 Å². The maximum Gasteiger partial charge on any atom is 0.167 e. The van der Waals surface area contributed by atoms with Crippen molar-refractivity contribution in [2.24, 2.45) is 0 Å². The fraction of sp³-hybridized carbons (Fsp3) is 0.200. The molecule has 0 aliphatic heterocycles. The Morgan fingerprint density at radius 3 is 0.673 bits per heavy atom. The summed E-state index contributed by atoms with van der Waals surface area (Å²) in [5.41, 5.74) is 0. The number of hydrogen-bond acceptors (Lipinski definition) is 7. The van der Waals surface area contributed by atoms with Gasteiger partial charge in [-0.15, -0.1) is 0 Å². The van der Waals surface area contributed by atoms with Gasteiger partial charge in [-0.1, -0.05) is 182 Å². The first-order valence-corrected chi connectivity index (χ1v) is 24.2. The summed E-state index contributed by atoms with van der Waals surface area (Å²) in [5, 5.41) is 4.51. The van der Waals surface area contributed by atoms with Crippen LogP contribution in [0.2, 0.25) is 0 Å². The fourth-order valence-electron chi connectivity index (χ4n) is 6.40. The zero-order chi connectivity index (χ0) is 38.2. The van der Waals surface area contributed by atoms with Crippen LogP contribution in [-0.2, 0) is 27.9 Å². The van der Waals surface area contributed by atoms with E-state index in [0.29, 0.717) is 39.5 Å². The first-order valence-electron chi connectivity index (χ1n) is 18.5. The van der Waals surface area contributed by atoms with Crippen molar-refractivity contribution in [3.8, 4) is 0 Å². The van der Waals surface area contributed by atoms with Crippen LogP contribution in [0.3, 0.4) is 0 Å². The van der Waals surface area contributed by atoms with Gasteiger partial charge in [0.1, 0.15) is 19.0 Å². The fourth-order valence-corrected chi connectivity index (χ4v) is 13.3. The van der Waals surface area contributed by atoms with Crippen LogP contribution in [0.5, 0.6) is 0 Å². The SMILES string of the molecule is O=P(COCCN(CCOCP(=O)(c1ccccc1)c1ccccc1)CCOCP(=O)(c1ccccc1)c1ccccc1)(c1ccccc1)c1ccccc1. The van der Waals surface area contributed by atoms with E-state index in [2.05, 4.69) is 4.90 Å². The van der Waals surface area contributed by atoms with Crippen molar-refractivity contribution < 1.29 is 27.9 Å². The molecule has 6 aromatic rings. The molecule has 0 unspecified atom stereocenters. The van der Waals surface area contributed by atoms with E-state index < -0.39 is 21.4 Å². The lowest BCUT2D eigenvalue weighted by atomic mass is 10.4. The van der Waals surface area contributed by atoms with E-state index in [1.54, 1.807) is 0 Å². The molecule has 0 saturated heterocycles. The summed E-state index contributed by atoms with van der Waals surface area (Å²) < 4.78 is 62.2. The Kier molecular flexibility index (Phi) is 14.8. The number of benzene rings is 6. The van der Waals surface area contributed by atoms with Gasteiger partial charge in [-0.3, -0.25) is 4.90 Å². The van der Waals surface area contributed by atoms with Gasteiger partial charge in [-0.25, -0.2) is 0 Å². The highest BCUT2D eigenvalue weighted by molar-refractivity contribution is 7.79. The minimum atomic E-state index is -3.04. The van der Waals surface area contributed by atoms with Crippen LogP contribution < -0.4 is 31.8 Å². The summed E-state index contributed by atoms with van der Waals surface area (Å²) >= 11 is 0. The Hall–Kier alpha value is -4.15. The molecule has 0 atom stereocenters. The molecular weight excluding hydrogens is 743 g/mol. The Bertz CT molecular complexity index is 1780. The molecule has 6 aromatic carbocycles. The topological polar surface area (TPSA) is 82.1 Å². The normalized spacial score (nSPS) is 12.2. The Morgan fingerprint density at radius 1 is 0.309 bits per heavy atom. The predicted octanol–water partition coefficient (Wildman–Crippen LogP) is 7.25. The van der Waals surface area contributed by atoms with Crippen molar-refractivity contribution in [2.75, 3.05) is 58.5 Å². The third kappa shape index (κ3) is 10.6. The van der Waals surface area contributed by atoms with E-state index in [1.807, 2.05) is 182 Å². The Morgan fingerprint density at radius 2 is 0.491 bits per heavy atom. The molecule has 284 valence electrons. The molecule has 55 heavy (non-hydrogen) atoms. The molecule has 0 aliphatic carbocycles. The average molecular weight is 792 g/mol. The second kappa shape index (κ2) is 20.1. The Balaban J connectivity index is 1.12. The first-order chi connectivity index (χ1) is 26.9. The zero-order valence-electron chi connectivity index (χ0n) is 30.9. The number of hydrogen-bond donors (Lipinski definition) is 0. The molecule has 0 fully saturated rings. The monoisotopic (exact) mass is 791 g/mol. The maximum atomic E-state index is 14.5. The molecule has 0 saturated carbocycles. The first kappa shape index (κ1) is 40.5. The number of rotatable bonds is 21. The summed E-state index contributed by atoms with van der Waals surface area (Å²) in [6.07, 6.45) is 0.198. The van der Waals surface area contributed by atoms with Crippen molar-refractivity contribution >= 4 is 53.3 Å². The molecular formula is C45H48NO6P3. The second-order valence-electron chi connectivity index (χ2n) is 13.2. The number of nitrogens with zero attached hydrogens (tertiary/aromatic N) is 1. The molecule has 0 spiro atoms. The van der Waals surface area contributed by atoms with Crippen LogP contribution in [0.1, 0.15) is 0 Å². The molecule has 0 aliphatic rings. The smallest absolute Gasteiger partial charge is 0.167 e. The molecule has 0 N–H and O–H groups in total. The molecule has 0 heterocycles. The minimum absolute atomic E-state index is 0.0660. The van der Waals surface area contributed by atoms with Gasteiger partial charge in [0, 0.05) is 51.5 Å². The molecule has 7 nitrogen and oxygen atoms in total. The summed E-state index contributed by atoms with van der Waals surface area (Å²) in [6.45, 7) is 2.51. The average Bonchev–Trinajstić information content (AvgIpc) is 3.26. The van der Waals surface area contributed by atoms with Gasteiger partial charge in [-0.05, 0) is 0 Å². The molecule has 6 rings (SSSR count). The van der Waals surface area contributed by atoms with Crippen molar-refractivity contribution in [3.05, 3.63) is 182 Å². The van der Waals surface area contributed by atoms with Gasteiger partial charge in [0.15, 0.2) is 21.4 Å². The number of ether oxygens (including phenoxy) is 3. The van der Waals surface area contributed by atoms with Crippen molar-refractivity contribution in [3.63, 3.8) is 0 Å². The maximum absolute atomic E-state index is 14.5. The van der Waals surface area contributed by atoms with E-state index in [-0.39, 0.29) is 19.0 Å². The molecule has 0 radical (unpaired) electrons. The van der Waals surface area contributed by atoms with Gasteiger partial charge in [0.25, 0.3) is 0 Å².